The lowest BCUT2D eigenvalue weighted by Crippen LogP contribution is -2.69. The van der Waals surface area contributed by atoms with E-state index < -0.39 is 0 Å². The number of likely N-dealkylation sites (tertiary alicyclic amines) is 1. The number of nitrogens with zero attached hydrogens (tertiary/aromatic N) is 2. The van der Waals surface area contributed by atoms with Gasteiger partial charge in [-0.25, -0.2) is 4.79 Å². The zero-order valence-electron chi connectivity index (χ0n) is 17.3. The van der Waals surface area contributed by atoms with E-state index in [1.165, 1.54) is 12.8 Å². The lowest BCUT2D eigenvalue weighted by atomic mass is 9.74. The summed E-state index contributed by atoms with van der Waals surface area (Å²) in [6.07, 6.45) is 6.34. The Bertz CT molecular complexity index is 715. The van der Waals surface area contributed by atoms with Crippen molar-refractivity contribution in [1.29, 1.82) is 0 Å². The Hall–Kier alpha value is -2.08. The van der Waals surface area contributed by atoms with Crippen LogP contribution in [0.25, 0.3) is 0 Å². The van der Waals surface area contributed by atoms with E-state index >= 15 is 0 Å². The summed E-state index contributed by atoms with van der Waals surface area (Å²) in [5.41, 5.74) is 1.13. The van der Waals surface area contributed by atoms with Crippen LogP contribution in [-0.4, -0.2) is 64.7 Å². The molecule has 0 aromatic heterocycles. The van der Waals surface area contributed by atoms with Crippen LogP contribution in [0.1, 0.15) is 56.9 Å². The average molecular weight is 400 g/mol. The van der Waals surface area contributed by atoms with Crippen molar-refractivity contribution >= 4 is 11.9 Å². The van der Waals surface area contributed by atoms with Crippen molar-refractivity contribution in [2.45, 2.75) is 69.5 Å². The molecule has 0 spiro atoms. The first kappa shape index (κ1) is 20.2. The van der Waals surface area contributed by atoms with Gasteiger partial charge < -0.3 is 20.2 Å². The van der Waals surface area contributed by atoms with Gasteiger partial charge in [-0.05, 0) is 38.2 Å². The lowest BCUT2D eigenvalue weighted by Gasteiger charge is -2.56. The van der Waals surface area contributed by atoms with E-state index in [1.54, 1.807) is 0 Å². The van der Waals surface area contributed by atoms with Gasteiger partial charge in [0.2, 0.25) is 5.91 Å². The average Bonchev–Trinajstić information content (AvgIpc) is 3.46. The number of amides is 3. The Morgan fingerprint density at radius 3 is 2.38 bits per heavy atom. The van der Waals surface area contributed by atoms with E-state index in [1.807, 2.05) is 34.9 Å². The predicted molar refractivity (Wildman–Crippen MR) is 111 cm³/mol. The molecule has 1 saturated heterocycles. The number of aliphatic hydroxyl groups excluding tert-OH is 1. The molecule has 2 saturated carbocycles. The Morgan fingerprint density at radius 2 is 1.79 bits per heavy atom. The summed E-state index contributed by atoms with van der Waals surface area (Å²) in [6.45, 7) is 3.05. The highest BCUT2D eigenvalue weighted by Gasteiger charge is 2.54. The second-order valence-electron chi connectivity index (χ2n) is 8.74. The molecule has 0 bridgehead atoms. The van der Waals surface area contributed by atoms with Gasteiger partial charge in [0.15, 0.2) is 0 Å². The second kappa shape index (κ2) is 8.74. The summed E-state index contributed by atoms with van der Waals surface area (Å²) >= 11 is 0. The number of urea groups is 1. The molecule has 0 radical (unpaired) electrons. The third kappa shape index (κ3) is 4.13. The zero-order valence-corrected chi connectivity index (χ0v) is 17.3. The number of hydrogen-bond donors (Lipinski definition) is 2. The van der Waals surface area contributed by atoms with Crippen molar-refractivity contribution in [2.75, 3.05) is 19.7 Å². The first-order valence-electron chi connectivity index (χ1n) is 11.2. The van der Waals surface area contributed by atoms with Crippen molar-refractivity contribution in [2.24, 2.45) is 5.92 Å². The van der Waals surface area contributed by atoms with Gasteiger partial charge in [0.25, 0.3) is 0 Å². The first-order valence-corrected chi connectivity index (χ1v) is 11.2. The quantitative estimate of drug-likeness (QED) is 0.740. The van der Waals surface area contributed by atoms with Gasteiger partial charge in [0.05, 0.1) is 18.7 Å². The lowest BCUT2D eigenvalue weighted by molar-refractivity contribution is -0.153. The molecule has 1 aromatic carbocycles. The molecule has 29 heavy (non-hydrogen) atoms. The fourth-order valence-electron chi connectivity index (χ4n) is 5.05. The topological polar surface area (TPSA) is 72.9 Å². The summed E-state index contributed by atoms with van der Waals surface area (Å²) in [5, 5.41) is 13.2. The van der Waals surface area contributed by atoms with Crippen LogP contribution in [-0.2, 0) is 4.79 Å². The molecule has 1 aromatic rings. The summed E-state index contributed by atoms with van der Waals surface area (Å²) in [5.74, 6) is 0.302. The van der Waals surface area contributed by atoms with E-state index in [9.17, 15) is 14.7 Å². The number of carbonyl (C=O) groups excluding carboxylic acids is 2. The molecule has 158 valence electrons. The Balaban J connectivity index is 1.52. The standard InChI is InChI=1S/C23H33N3O3/c1-2-25(23(29)24-18-10-6-7-11-18)14-19-21(16-8-4-3-5-9-16)20(15-27)26(19)22(28)17-12-13-17/h3-5,8-9,17-21,27H,2,6-7,10-15H2,1H3,(H,24,29)/t19-,20-,21-/m0/s1. The molecule has 3 aliphatic rings. The van der Waals surface area contributed by atoms with E-state index in [4.69, 9.17) is 0 Å². The van der Waals surface area contributed by atoms with Gasteiger partial charge in [-0.2, -0.15) is 0 Å². The SMILES string of the molecule is CCN(C[C@H]1[C@H](c2ccccc2)[C@H](CO)N1C(=O)C1CC1)C(=O)NC1CCCC1. The first-order chi connectivity index (χ1) is 14.1. The maximum absolute atomic E-state index is 13.0. The van der Waals surface area contributed by atoms with E-state index in [0.29, 0.717) is 13.1 Å². The monoisotopic (exact) mass is 399 g/mol. The number of aliphatic hydroxyl groups is 1. The van der Waals surface area contributed by atoms with Crippen molar-refractivity contribution in [3.8, 4) is 0 Å². The van der Waals surface area contributed by atoms with Crippen LogP contribution in [0, 0.1) is 5.92 Å². The normalized spacial score (nSPS) is 26.8. The van der Waals surface area contributed by atoms with Gasteiger partial charge in [-0.3, -0.25) is 4.79 Å². The van der Waals surface area contributed by atoms with Crippen LogP contribution in [0.5, 0.6) is 0 Å². The van der Waals surface area contributed by atoms with Crippen LogP contribution < -0.4 is 5.32 Å². The number of nitrogens with one attached hydrogen (secondary N) is 1. The molecule has 1 aliphatic heterocycles. The molecule has 6 nitrogen and oxygen atoms in total. The molecule has 2 N–H and O–H groups in total. The Kier molecular flexibility index (Phi) is 6.09. The number of benzene rings is 1. The fraction of sp³-hybridized carbons (Fsp3) is 0.652. The maximum atomic E-state index is 13.0. The third-order valence-corrected chi connectivity index (χ3v) is 6.86. The molecule has 3 amide bonds. The summed E-state index contributed by atoms with van der Waals surface area (Å²) < 4.78 is 0. The molecule has 4 rings (SSSR count). The minimum absolute atomic E-state index is 0.0301. The number of hydrogen-bond acceptors (Lipinski definition) is 3. The van der Waals surface area contributed by atoms with Crippen LogP contribution >= 0.6 is 0 Å². The minimum atomic E-state index is -0.202. The van der Waals surface area contributed by atoms with Gasteiger partial charge in [-0.1, -0.05) is 43.2 Å². The third-order valence-electron chi connectivity index (χ3n) is 6.86. The molecule has 6 heteroatoms. The van der Waals surface area contributed by atoms with Gasteiger partial charge in [0.1, 0.15) is 0 Å². The molecule has 3 fully saturated rings. The van der Waals surface area contributed by atoms with Crippen molar-refractivity contribution in [3.63, 3.8) is 0 Å². The van der Waals surface area contributed by atoms with E-state index in [-0.39, 0.29) is 48.5 Å². The van der Waals surface area contributed by atoms with Crippen LogP contribution in [0.2, 0.25) is 0 Å². The highest BCUT2D eigenvalue weighted by atomic mass is 16.3. The van der Waals surface area contributed by atoms with Crippen molar-refractivity contribution in [3.05, 3.63) is 35.9 Å². The summed E-state index contributed by atoms with van der Waals surface area (Å²) in [6, 6.07) is 10.1. The van der Waals surface area contributed by atoms with E-state index in [0.717, 1.165) is 31.2 Å². The predicted octanol–water partition coefficient (Wildman–Crippen LogP) is 2.73. The van der Waals surface area contributed by atoms with Gasteiger partial charge in [-0.15, -0.1) is 0 Å². The smallest absolute Gasteiger partial charge is 0.317 e. The molecule has 0 unspecified atom stereocenters. The van der Waals surface area contributed by atoms with Crippen LogP contribution in [0.15, 0.2) is 30.3 Å². The molecular weight excluding hydrogens is 366 g/mol. The highest BCUT2D eigenvalue weighted by molar-refractivity contribution is 5.83. The number of likely N-dealkylation sites (N-methyl/N-ethyl adjacent to an activating group) is 1. The van der Waals surface area contributed by atoms with Gasteiger partial charge >= 0.3 is 6.03 Å². The Labute approximate surface area is 173 Å². The molecule has 1 heterocycles. The highest BCUT2D eigenvalue weighted by Crippen LogP contribution is 2.44. The van der Waals surface area contributed by atoms with E-state index in [2.05, 4.69) is 17.4 Å². The molecule has 3 atom stereocenters. The fourth-order valence-corrected chi connectivity index (χ4v) is 5.05. The molecule has 2 aliphatic carbocycles. The summed E-state index contributed by atoms with van der Waals surface area (Å²) in [7, 11) is 0. The maximum Gasteiger partial charge on any atom is 0.317 e. The number of carbonyl (C=O) groups is 2. The summed E-state index contributed by atoms with van der Waals surface area (Å²) in [4.78, 5) is 29.6. The Morgan fingerprint density at radius 1 is 1.10 bits per heavy atom. The van der Waals surface area contributed by atoms with Crippen molar-refractivity contribution < 1.29 is 14.7 Å². The molecular formula is C23H33N3O3. The minimum Gasteiger partial charge on any atom is -0.394 e. The van der Waals surface area contributed by atoms with Crippen LogP contribution in [0.4, 0.5) is 4.79 Å². The van der Waals surface area contributed by atoms with Gasteiger partial charge in [0, 0.05) is 31.0 Å². The number of rotatable bonds is 7. The largest absolute Gasteiger partial charge is 0.394 e. The second-order valence-corrected chi connectivity index (χ2v) is 8.74. The zero-order chi connectivity index (χ0) is 20.4. The van der Waals surface area contributed by atoms with Crippen LogP contribution in [0.3, 0.4) is 0 Å². The van der Waals surface area contributed by atoms with Crippen molar-refractivity contribution in [1.82, 2.24) is 15.1 Å².